The first-order valence-electron chi connectivity index (χ1n) is 12.3. The second-order valence-corrected chi connectivity index (χ2v) is 17.4. The summed E-state index contributed by atoms with van der Waals surface area (Å²) in [5.41, 5.74) is 0.150. The predicted molar refractivity (Wildman–Crippen MR) is 173 cm³/mol. The number of benzene rings is 2. The number of carbonyl (C=O) groups excluding carboxylic acids is 2. The summed E-state index contributed by atoms with van der Waals surface area (Å²) in [7, 11) is 6.28. The molecule has 0 N–H and O–H groups in total. The number of amides is 2. The van der Waals surface area contributed by atoms with Crippen molar-refractivity contribution in [2.45, 2.75) is 71.5 Å². The summed E-state index contributed by atoms with van der Waals surface area (Å²) in [5.74, 6) is 0. The Hall–Kier alpha value is -1.77. The molecule has 2 amide bonds. The molecule has 0 saturated carbocycles. The fourth-order valence-corrected chi connectivity index (χ4v) is 4.09. The monoisotopic (exact) mass is 752 g/mol. The summed E-state index contributed by atoms with van der Waals surface area (Å²) in [6, 6.07) is 13.5. The highest BCUT2D eigenvalue weighted by Gasteiger charge is 2.24. The zero-order valence-electron chi connectivity index (χ0n) is 24.5. The lowest BCUT2D eigenvalue weighted by atomic mass is 10.2. The highest BCUT2D eigenvalue weighted by molar-refractivity contribution is 9.10. The molecular formula is C26H36BrCl3N2O8S2. The van der Waals surface area contributed by atoms with Gasteiger partial charge in [0.15, 0.2) is 0 Å². The maximum absolute atomic E-state index is 12.1. The van der Waals surface area contributed by atoms with Gasteiger partial charge in [-0.05, 0) is 91.8 Å². The SMILES string of the molecule is CCN(C(=O)OC(C)(C)C)c1cccc(Br)c1.CCN(C(=O)OC(C)(C)C)c1cccc(S(=O)(=O)Cl)c1.O=S(=O)(Cl)Cl. The van der Waals surface area contributed by atoms with Crippen LogP contribution in [0.2, 0.25) is 0 Å². The Morgan fingerprint density at radius 3 is 1.40 bits per heavy atom. The van der Waals surface area contributed by atoms with E-state index < -0.39 is 34.6 Å². The highest BCUT2D eigenvalue weighted by Crippen LogP contribution is 2.24. The molecule has 0 spiro atoms. The minimum Gasteiger partial charge on any atom is -0.443 e. The molecule has 10 nitrogen and oxygen atoms in total. The molecule has 2 rings (SSSR count). The van der Waals surface area contributed by atoms with Crippen LogP contribution in [-0.2, 0) is 26.8 Å². The molecule has 0 aliphatic rings. The van der Waals surface area contributed by atoms with Crippen molar-refractivity contribution in [3.05, 3.63) is 53.0 Å². The second-order valence-electron chi connectivity index (χ2n) is 10.2. The van der Waals surface area contributed by atoms with Crippen molar-refractivity contribution in [1.82, 2.24) is 0 Å². The summed E-state index contributed by atoms with van der Waals surface area (Å²) in [6.45, 7) is 15.5. The largest absolute Gasteiger partial charge is 0.443 e. The van der Waals surface area contributed by atoms with Crippen molar-refractivity contribution in [2.75, 3.05) is 22.9 Å². The second kappa shape index (κ2) is 16.9. The van der Waals surface area contributed by atoms with Crippen molar-refractivity contribution >= 4 is 88.9 Å². The Balaban J connectivity index is 0.000000696. The average Bonchev–Trinajstić information content (AvgIpc) is 2.77. The summed E-state index contributed by atoms with van der Waals surface area (Å²) in [6.07, 6.45) is -0.859. The summed E-state index contributed by atoms with van der Waals surface area (Å²) >= 11 is 3.39. The van der Waals surface area contributed by atoms with Gasteiger partial charge in [-0.2, -0.15) is 8.42 Å². The molecule has 0 heterocycles. The molecule has 16 heteroatoms. The van der Waals surface area contributed by atoms with Crippen LogP contribution in [0, 0.1) is 0 Å². The number of nitrogens with zero attached hydrogens (tertiary/aromatic N) is 2. The van der Waals surface area contributed by atoms with Crippen LogP contribution in [0.3, 0.4) is 0 Å². The fraction of sp³-hybridized carbons (Fsp3) is 0.462. The summed E-state index contributed by atoms with van der Waals surface area (Å²) < 4.78 is 52.6. The van der Waals surface area contributed by atoms with Gasteiger partial charge in [-0.15, -0.1) is 0 Å². The maximum Gasteiger partial charge on any atom is 0.414 e. The van der Waals surface area contributed by atoms with E-state index >= 15 is 0 Å². The van der Waals surface area contributed by atoms with Gasteiger partial charge in [-0.1, -0.05) is 28.1 Å². The van der Waals surface area contributed by atoms with Crippen LogP contribution in [0.15, 0.2) is 57.9 Å². The fourth-order valence-electron chi connectivity index (χ4n) is 2.92. The first kappa shape index (κ1) is 40.2. The van der Waals surface area contributed by atoms with Gasteiger partial charge >= 0.3 is 20.5 Å². The number of anilines is 2. The zero-order chi connectivity index (χ0) is 33.1. The lowest BCUT2D eigenvalue weighted by Crippen LogP contribution is -2.36. The van der Waals surface area contributed by atoms with Gasteiger partial charge in [0.25, 0.3) is 9.05 Å². The molecule has 0 atom stereocenters. The van der Waals surface area contributed by atoms with E-state index in [-0.39, 0.29) is 11.0 Å². The normalized spacial score (nSPS) is 11.6. The Morgan fingerprint density at radius 2 is 1.10 bits per heavy atom. The molecule has 0 saturated heterocycles. The molecule has 0 bridgehead atoms. The van der Waals surface area contributed by atoms with E-state index in [9.17, 15) is 18.0 Å². The van der Waals surface area contributed by atoms with E-state index in [1.165, 1.54) is 23.1 Å². The first-order valence-corrected chi connectivity index (χ1v) is 18.6. The highest BCUT2D eigenvalue weighted by atomic mass is 79.9. The number of rotatable bonds is 5. The van der Waals surface area contributed by atoms with Gasteiger partial charge in [0.2, 0.25) is 0 Å². The Bertz CT molecular complexity index is 1400. The van der Waals surface area contributed by atoms with Crippen LogP contribution in [0.5, 0.6) is 0 Å². The van der Waals surface area contributed by atoms with E-state index in [0.717, 1.165) is 10.2 Å². The van der Waals surface area contributed by atoms with Crippen molar-refractivity contribution in [1.29, 1.82) is 0 Å². The molecule has 0 unspecified atom stereocenters. The van der Waals surface area contributed by atoms with Gasteiger partial charge < -0.3 is 9.47 Å². The van der Waals surface area contributed by atoms with Gasteiger partial charge in [0.05, 0.1) is 4.90 Å². The number of halogens is 4. The van der Waals surface area contributed by atoms with E-state index in [1.807, 2.05) is 52.0 Å². The minimum absolute atomic E-state index is 0.0568. The average molecular weight is 755 g/mol. The third kappa shape index (κ3) is 18.0. The first-order chi connectivity index (χ1) is 18.9. The number of hydrogen-bond acceptors (Lipinski definition) is 8. The number of hydrogen-bond donors (Lipinski definition) is 0. The summed E-state index contributed by atoms with van der Waals surface area (Å²) in [5, 5.41) is 0. The lowest BCUT2D eigenvalue weighted by molar-refractivity contribution is 0.0571. The third-order valence-corrected chi connectivity index (χ3v) is 6.24. The molecule has 0 fully saturated rings. The van der Waals surface area contributed by atoms with Crippen LogP contribution in [0.25, 0.3) is 0 Å². The van der Waals surface area contributed by atoms with Crippen LogP contribution in [0.4, 0.5) is 21.0 Å². The predicted octanol–water partition coefficient (Wildman–Crippen LogP) is 8.29. The molecule has 238 valence electrons. The van der Waals surface area contributed by atoms with Crippen LogP contribution < -0.4 is 9.80 Å². The van der Waals surface area contributed by atoms with Crippen molar-refractivity contribution < 1.29 is 35.9 Å². The van der Waals surface area contributed by atoms with Crippen LogP contribution in [-0.4, -0.2) is 53.3 Å². The van der Waals surface area contributed by atoms with Gasteiger partial charge in [-0.3, -0.25) is 9.80 Å². The third-order valence-electron chi connectivity index (χ3n) is 4.39. The van der Waals surface area contributed by atoms with Crippen molar-refractivity contribution in [3.63, 3.8) is 0 Å². The van der Waals surface area contributed by atoms with E-state index in [1.54, 1.807) is 38.7 Å². The molecule has 2 aromatic carbocycles. The Labute approximate surface area is 270 Å². The molecule has 0 aromatic heterocycles. The van der Waals surface area contributed by atoms with Crippen molar-refractivity contribution in [3.8, 4) is 0 Å². The van der Waals surface area contributed by atoms with Crippen LogP contribution >= 0.6 is 48.0 Å². The number of ether oxygens (including phenoxy) is 2. The van der Waals surface area contributed by atoms with Gasteiger partial charge in [0.1, 0.15) is 11.2 Å². The lowest BCUT2D eigenvalue weighted by Gasteiger charge is -2.26. The maximum atomic E-state index is 12.1. The summed E-state index contributed by atoms with van der Waals surface area (Å²) in [4.78, 5) is 27.0. The van der Waals surface area contributed by atoms with Crippen LogP contribution in [0.1, 0.15) is 55.4 Å². The smallest absolute Gasteiger partial charge is 0.414 e. The Kier molecular flexibility index (Phi) is 16.2. The van der Waals surface area contributed by atoms with E-state index in [0.29, 0.717) is 18.8 Å². The molecule has 0 aliphatic heterocycles. The van der Waals surface area contributed by atoms with E-state index in [4.69, 9.17) is 28.6 Å². The number of carbonyl (C=O) groups is 2. The molecule has 2 aromatic rings. The molecular weight excluding hydrogens is 719 g/mol. The quantitative estimate of drug-likeness (QED) is 0.279. The van der Waals surface area contributed by atoms with Crippen molar-refractivity contribution in [2.24, 2.45) is 0 Å². The van der Waals surface area contributed by atoms with Gasteiger partial charge in [0, 0.05) is 61.0 Å². The zero-order valence-corrected chi connectivity index (χ0v) is 30.0. The molecule has 0 aliphatic carbocycles. The Morgan fingerprint density at radius 1 is 0.738 bits per heavy atom. The van der Waals surface area contributed by atoms with Gasteiger partial charge in [-0.25, -0.2) is 18.0 Å². The van der Waals surface area contributed by atoms with E-state index in [2.05, 4.69) is 37.3 Å². The minimum atomic E-state index is -3.83. The topological polar surface area (TPSA) is 127 Å². The molecule has 42 heavy (non-hydrogen) atoms. The molecule has 0 radical (unpaired) electrons. The standard InChI is InChI=1S/C13H18BrNO2.C13H18ClNO4S.Cl2O2S/c1-5-15(12(16)17-13(2,3)4)11-8-6-7-10(14)9-11;1-5-15(12(16)19-13(2,3)4)10-7-6-8-11(9-10)20(14,17)18;1-5(2,3)4/h6-9H,5H2,1-4H3;6-9H,5H2,1-4H3;.